The third-order valence-electron chi connectivity index (χ3n) is 2.39. The second kappa shape index (κ2) is 4.22. The first-order chi connectivity index (χ1) is 7.58. The van der Waals surface area contributed by atoms with Crippen molar-refractivity contribution >= 4 is 21.7 Å². The zero-order valence-electron chi connectivity index (χ0n) is 9.07. The Labute approximate surface area is 102 Å². The Morgan fingerprint density at radius 1 is 1.44 bits per heavy atom. The van der Waals surface area contributed by atoms with E-state index in [0.29, 0.717) is 5.56 Å². The lowest BCUT2D eigenvalue weighted by molar-refractivity contribution is 0.101. The van der Waals surface area contributed by atoms with Gasteiger partial charge in [0, 0.05) is 10.7 Å². The summed E-state index contributed by atoms with van der Waals surface area (Å²) in [6.45, 7) is 3.55. The van der Waals surface area contributed by atoms with Crippen LogP contribution in [0, 0.1) is 6.92 Å². The van der Waals surface area contributed by atoms with E-state index in [-0.39, 0.29) is 5.78 Å². The van der Waals surface area contributed by atoms with Gasteiger partial charge in [0.15, 0.2) is 5.78 Å². The van der Waals surface area contributed by atoms with Gasteiger partial charge in [-0.3, -0.25) is 4.79 Å². The smallest absolute Gasteiger partial charge is 0.162 e. The van der Waals surface area contributed by atoms with Crippen molar-refractivity contribution in [3.8, 4) is 5.69 Å². The van der Waals surface area contributed by atoms with Gasteiger partial charge in [-0.25, -0.2) is 4.68 Å². The fraction of sp³-hybridized carbons (Fsp3) is 0.167. The van der Waals surface area contributed by atoms with Gasteiger partial charge in [-0.15, -0.1) is 0 Å². The monoisotopic (exact) mass is 278 g/mol. The van der Waals surface area contributed by atoms with Gasteiger partial charge in [0.1, 0.15) is 0 Å². The Kier molecular flexibility index (Phi) is 2.92. The van der Waals surface area contributed by atoms with E-state index in [1.54, 1.807) is 17.1 Å². The number of aryl methyl sites for hydroxylation is 1. The SMILES string of the molecule is CC(=O)c1cnn(-c2ccc(Br)cc2C)c1. The molecule has 0 bridgehead atoms. The summed E-state index contributed by atoms with van der Waals surface area (Å²) in [5, 5.41) is 4.18. The van der Waals surface area contributed by atoms with Crippen LogP contribution in [-0.2, 0) is 0 Å². The van der Waals surface area contributed by atoms with Gasteiger partial charge >= 0.3 is 0 Å². The summed E-state index contributed by atoms with van der Waals surface area (Å²) in [6, 6.07) is 5.94. The van der Waals surface area contributed by atoms with E-state index >= 15 is 0 Å². The van der Waals surface area contributed by atoms with Crippen molar-refractivity contribution in [2.24, 2.45) is 0 Å². The minimum absolute atomic E-state index is 0.0287. The van der Waals surface area contributed by atoms with E-state index in [1.165, 1.54) is 6.92 Å². The summed E-state index contributed by atoms with van der Waals surface area (Å²) in [6.07, 6.45) is 3.34. The van der Waals surface area contributed by atoms with E-state index in [4.69, 9.17) is 0 Å². The molecule has 0 aliphatic carbocycles. The Balaban J connectivity index is 2.46. The lowest BCUT2D eigenvalue weighted by Gasteiger charge is -2.05. The number of nitrogens with zero attached hydrogens (tertiary/aromatic N) is 2. The first-order valence-corrected chi connectivity index (χ1v) is 5.69. The lowest BCUT2D eigenvalue weighted by atomic mass is 10.2. The molecule has 0 atom stereocenters. The molecule has 82 valence electrons. The van der Waals surface area contributed by atoms with Crippen LogP contribution < -0.4 is 0 Å². The van der Waals surface area contributed by atoms with Gasteiger partial charge in [0.2, 0.25) is 0 Å². The van der Waals surface area contributed by atoms with Crippen LogP contribution in [0.4, 0.5) is 0 Å². The van der Waals surface area contributed by atoms with Gasteiger partial charge in [0.05, 0.1) is 17.4 Å². The molecule has 16 heavy (non-hydrogen) atoms. The van der Waals surface area contributed by atoms with Crippen LogP contribution in [-0.4, -0.2) is 15.6 Å². The molecule has 1 heterocycles. The number of carbonyl (C=O) groups excluding carboxylic acids is 1. The number of benzene rings is 1. The molecule has 1 aromatic carbocycles. The molecule has 0 aliphatic heterocycles. The van der Waals surface area contributed by atoms with Crippen molar-refractivity contribution in [3.05, 3.63) is 46.2 Å². The quantitative estimate of drug-likeness (QED) is 0.791. The van der Waals surface area contributed by atoms with Crippen molar-refractivity contribution in [1.82, 2.24) is 9.78 Å². The van der Waals surface area contributed by atoms with Crippen LogP contribution in [0.15, 0.2) is 35.1 Å². The van der Waals surface area contributed by atoms with Gasteiger partial charge in [-0.1, -0.05) is 15.9 Å². The molecule has 2 aromatic rings. The summed E-state index contributed by atoms with van der Waals surface area (Å²) in [7, 11) is 0. The topological polar surface area (TPSA) is 34.9 Å². The number of hydrogen-bond donors (Lipinski definition) is 0. The van der Waals surface area contributed by atoms with Crippen molar-refractivity contribution in [2.75, 3.05) is 0 Å². The molecule has 0 saturated heterocycles. The second-order valence-corrected chi connectivity index (χ2v) is 4.58. The largest absolute Gasteiger partial charge is 0.294 e. The number of ketones is 1. The molecule has 0 radical (unpaired) electrons. The number of aromatic nitrogens is 2. The fourth-order valence-electron chi connectivity index (χ4n) is 1.51. The summed E-state index contributed by atoms with van der Waals surface area (Å²) in [5.74, 6) is 0.0287. The van der Waals surface area contributed by atoms with Gasteiger partial charge in [-0.2, -0.15) is 5.10 Å². The zero-order chi connectivity index (χ0) is 11.7. The number of carbonyl (C=O) groups is 1. The predicted octanol–water partition coefficient (Wildman–Crippen LogP) is 3.15. The van der Waals surface area contributed by atoms with E-state index in [2.05, 4.69) is 21.0 Å². The maximum Gasteiger partial charge on any atom is 0.162 e. The second-order valence-electron chi connectivity index (χ2n) is 3.66. The maximum atomic E-state index is 11.2. The fourth-order valence-corrected chi connectivity index (χ4v) is 1.99. The number of rotatable bonds is 2. The highest BCUT2D eigenvalue weighted by molar-refractivity contribution is 9.10. The van der Waals surface area contributed by atoms with Crippen LogP contribution in [0.1, 0.15) is 22.8 Å². The van der Waals surface area contributed by atoms with Crippen LogP contribution >= 0.6 is 15.9 Å². The predicted molar refractivity (Wildman–Crippen MR) is 66.0 cm³/mol. The highest BCUT2D eigenvalue weighted by atomic mass is 79.9. The Hall–Kier alpha value is -1.42. The average Bonchev–Trinajstić information content (AvgIpc) is 2.66. The van der Waals surface area contributed by atoms with E-state index in [9.17, 15) is 4.79 Å². The molecule has 0 fully saturated rings. The van der Waals surface area contributed by atoms with Gasteiger partial charge in [0.25, 0.3) is 0 Å². The lowest BCUT2D eigenvalue weighted by Crippen LogP contribution is -1.97. The van der Waals surface area contributed by atoms with Crippen molar-refractivity contribution in [3.63, 3.8) is 0 Å². The first-order valence-electron chi connectivity index (χ1n) is 4.90. The van der Waals surface area contributed by atoms with Crippen molar-refractivity contribution < 1.29 is 4.79 Å². The number of hydrogen-bond acceptors (Lipinski definition) is 2. The summed E-state index contributed by atoms with van der Waals surface area (Å²) in [5.41, 5.74) is 2.71. The molecule has 0 aliphatic rings. The third-order valence-corrected chi connectivity index (χ3v) is 2.89. The summed E-state index contributed by atoms with van der Waals surface area (Å²) < 4.78 is 2.76. The molecule has 4 heteroatoms. The molecule has 0 spiro atoms. The molecule has 0 saturated carbocycles. The first kappa shape index (κ1) is 11.1. The normalized spacial score (nSPS) is 10.4. The van der Waals surface area contributed by atoms with Crippen molar-refractivity contribution in [2.45, 2.75) is 13.8 Å². The Morgan fingerprint density at radius 2 is 2.19 bits per heavy atom. The average molecular weight is 279 g/mol. The Morgan fingerprint density at radius 3 is 2.75 bits per heavy atom. The molecule has 1 aromatic heterocycles. The molecular weight excluding hydrogens is 268 g/mol. The van der Waals surface area contributed by atoms with E-state index < -0.39 is 0 Å². The molecule has 2 rings (SSSR count). The number of halogens is 1. The zero-order valence-corrected chi connectivity index (χ0v) is 10.7. The Bertz CT molecular complexity index is 546. The van der Waals surface area contributed by atoms with E-state index in [1.807, 2.05) is 25.1 Å². The molecule has 0 amide bonds. The third kappa shape index (κ3) is 2.07. The minimum atomic E-state index is 0.0287. The van der Waals surface area contributed by atoms with Gasteiger partial charge < -0.3 is 0 Å². The number of Topliss-reactive ketones (excluding diaryl/α,β-unsaturated/α-hetero) is 1. The summed E-state index contributed by atoms with van der Waals surface area (Å²) in [4.78, 5) is 11.2. The molecule has 0 unspecified atom stereocenters. The van der Waals surface area contributed by atoms with Crippen LogP contribution in [0.25, 0.3) is 5.69 Å². The minimum Gasteiger partial charge on any atom is -0.294 e. The van der Waals surface area contributed by atoms with Crippen LogP contribution in [0.3, 0.4) is 0 Å². The molecule has 0 N–H and O–H groups in total. The molecule has 3 nitrogen and oxygen atoms in total. The summed E-state index contributed by atoms with van der Waals surface area (Å²) >= 11 is 3.41. The van der Waals surface area contributed by atoms with Gasteiger partial charge in [-0.05, 0) is 37.6 Å². The highest BCUT2D eigenvalue weighted by Crippen LogP contribution is 2.19. The maximum absolute atomic E-state index is 11.2. The standard InChI is InChI=1S/C12H11BrN2O/c1-8-5-11(13)3-4-12(8)15-7-10(6-14-15)9(2)16/h3-7H,1-2H3. The molecular formula is C12H11BrN2O. The van der Waals surface area contributed by atoms with Crippen LogP contribution in [0.5, 0.6) is 0 Å². The van der Waals surface area contributed by atoms with Crippen LogP contribution in [0.2, 0.25) is 0 Å². The van der Waals surface area contributed by atoms with E-state index in [0.717, 1.165) is 15.7 Å². The highest BCUT2D eigenvalue weighted by Gasteiger charge is 2.06. The van der Waals surface area contributed by atoms with Crippen molar-refractivity contribution in [1.29, 1.82) is 0 Å².